The average Bonchev–Trinajstić information content (AvgIpc) is 2.49. The lowest BCUT2D eigenvalue weighted by molar-refractivity contribution is 0.103. The molecule has 0 aliphatic carbocycles. The molecular formula is C17H17ClO3. The molecule has 0 spiro atoms. The number of carbonyl (C=O) groups excluding carboxylic acids is 1. The number of ether oxygens (including phenoxy) is 2. The van der Waals surface area contributed by atoms with Crippen LogP contribution in [0.3, 0.4) is 0 Å². The fourth-order valence-corrected chi connectivity index (χ4v) is 2.18. The minimum Gasteiger partial charge on any atom is -0.490 e. The van der Waals surface area contributed by atoms with Gasteiger partial charge in [-0.05, 0) is 44.2 Å². The van der Waals surface area contributed by atoms with Gasteiger partial charge in [0.15, 0.2) is 17.3 Å². The maximum absolute atomic E-state index is 12.5. The highest BCUT2D eigenvalue weighted by Crippen LogP contribution is 2.29. The molecule has 0 radical (unpaired) electrons. The van der Waals surface area contributed by atoms with E-state index in [0.717, 1.165) is 0 Å². The molecule has 0 unspecified atom stereocenters. The predicted octanol–water partition coefficient (Wildman–Crippen LogP) is 4.37. The number of rotatable bonds is 6. The summed E-state index contributed by atoms with van der Waals surface area (Å²) in [6, 6.07) is 12.1. The number of carbonyl (C=O) groups is 1. The minimum absolute atomic E-state index is 0.0958. The monoisotopic (exact) mass is 304 g/mol. The molecule has 4 heteroatoms. The fourth-order valence-electron chi connectivity index (χ4n) is 1.99. The van der Waals surface area contributed by atoms with Crippen molar-refractivity contribution < 1.29 is 14.3 Å². The third-order valence-electron chi connectivity index (χ3n) is 2.89. The van der Waals surface area contributed by atoms with E-state index in [0.29, 0.717) is 40.9 Å². The van der Waals surface area contributed by atoms with Crippen molar-refractivity contribution in [3.05, 3.63) is 58.6 Å². The van der Waals surface area contributed by atoms with Crippen molar-refractivity contribution in [2.75, 3.05) is 13.2 Å². The van der Waals surface area contributed by atoms with E-state index in [-0.39, 0.29) is 5.78 Å². The van der Waals surface area contributed by atoms with E-state index in [1.165, 1.54) is 0 Å². The highest BCUT2D eigenvalue weighted by atomic mass is 35.5. The Morgan fingerprint density at radius 3 is 2.29 bits per heavy atom. The largest absolute Gasteiger partial charge is 0.490 e. The van der Waals surface area contributed by atoms with Gasteiger partial charge in [-0.15, -0.1) is 0 Å². The quantitative estimate of drug-likeness (QED) is 0.743. The van der Waals surface area contributed by atoms with E-state index in [1.54, 1.807) is 42.5 Å². The SMILES string of the molecule is CCOc1ccc(C(=O)c2cccc(Cl)c2)cc1OCC. The first-order chi connectivity index (χ1) is 10.2. The summed E-state index contributed by atoms with van der Waals surface area (Å²) >= 11 is 5.93. The molecule has 0 aliphatic heterocycles. The van der Waals surface area contributed by atoms with Crippen LogP contribution in [-0.2, 0) is 0 Å². The molecule has 0 amide bonds. The Morgan fingerprint density at radius 2 is 1.62 bits per heavy atom. The lowest BCUT2D eigenvalue weighted by atomic mass is 10.0. The normalized spacial score (nSPS) is 10.2. The van der Waals surface area contributed by atoms with Crippen molar-refractivity contribution in [1.82, 2.24) is 0 Å². The third kappa shape index (κ3) is 3.76. The number of benzene rings is 2. The van der Waals surface area contributed by atoms with E-state index >= 15 is 0 Å². The fraction of sp³-hybridized carbons (Fsp3) is 0.235. The van der Waals surface area contributed by atoms with Crippen molar-refractivity contribution in [2.24, 2.45) is 0 Å². The van der Waals surface area contributed by atoms with Gasteiger partial charge in [0.1, 0.15) is 0 Å². The molecule has 0 fully saturated rings. The van der Waals surface area contributed by atoms with Gasteiger partial charge < -0.3 is 9.47 Å². The summed E-state index contributed by atoms with van der Waals surface area (Å²) in [5, 5.41) is 0.539. The highest BCUT2D eigenvalue weighted by Gasteiger charge is 2.13. The van der Waals surface area contributed by atoms with Crippen LogP contribution in [-0.4, -0.2) is 19.0 Å². The lowest BCUT2D eigenvalue weighted by Gasteiger charge is -2.12. The maximum atomic E-state index is 12.5. The zero-order valence-electron chi connectivity index (χ0n) is 12.1. The van der Waals surface area contributed by atoms with E-state index < -0.39 is 0 Å². The molecule has 2 rings (SSSR count). The van der Waals surface area contributed by atoms with Crippen molar-refractivity contribution in [1.29, 1.82) is 0 Å². The van der Waals surface area contributed by atoms with Crippen LogP contribution in [0.25, 0.3) is 0 Å². The van der Waals surface area contributed by atoms with Gasteiger partial charge in [-0.2, -0.15) is 0 Å². The molecule has 0 saturated heterocycles. The molecule has 0 aromatic heterocycles. The first-order valence-electron chi connectivity index (χ1n) is 6.85. The van der Waals surface area contributed by atoms with Gasteiger partial charge >= 0.3 is 0 Å². The Kier molecular flexibility index (Phi) is 5.23. The molecule has 0 heterocycles. The predicted molar refractivity (Wildman–Crippen MR) is 83.7 cm³/mol. The highest BCUT2D eigenvalue weighted by molar-refractivity contribution is 6.31. The lowest BCUT2D eigenvalue weighted by Crippen LogP contribution is -2.04. The molecule has 21 heavy (non-hydrogen) atoms. The van der Waals surface area contributed by atoms with Gasteiger partial charge in [0.25, 0.3) is 0 Å². The second kappa shape index (κ2) is 7.14. The van der Waals surface area contributed by atoms with Crippen molar-refractivity contribution in [2.45, 2.75) is 13.8 Å². The van der Waals surface area contributed by atoms with Crippen molar-refractivity contribution >= 4 is 17.4 Å². The first-order valence-corrected chi connectivity index (χ1v) is 7.23. The molecule has 0 saturated carbocycles. The molecule has 0 atom stereocenters. The van der Waals surface area contributed by atoms with Gasteiger partial charge in [-0.25, -0.2) is 0 Å². The topological polar surface area (TPSA) is 35.5 Å². The molecule has 2 aromatic carbocycles. The summed E-state index contributed by atoms with van der Waals surface area (Å²) in [5.41, 5.74) is 1.10. The second-order valence-corrected chi connectivity index (χ2v) is 4.80. The molecule has 0 N–H and O–H groups in total. The summed E-state index contributed by atoms with van der Waals surface area (Å²) in [5.74, 6) is 1.12. The molecular weight excluding hydrogens is 288 g/mol. The standard InChI is InChI=1S/C17H17ClO3/c1-3-20-15-9-8-13(11-16(15)21-4-2)17(19)12-6-5-7-14(18)10-12/h5-11H,3-4H2,1-2H3. The molecule has 0 aliphatic rings. The summed E-state index contributed by atoms with van der Waals surface area (Å²) in [6.45, 7) is 4.85. The number of ketones is 1. The van der Waals surface area contributed by atoms with Crippen molar-refractivity contribution in [3.63, 3.8) is 0 Å². The van der Waals surface area contributed by atoms with E-state index in [4.69, 9.17) is 21.1 Å². The Labute approximate surface area is 129 Å². The first kappa shape index (κ1) is 15.4. The second-order valence-electron chi connectivity index (χ2n) is 4.37. The van der Waals surface area contributed by atoms with Crippen LogP contribution in [0.1, 0.15) is 29.8 Å². The van der Waals surface area contributed by atoms with Gasteiger partial charge in [0.2, 0.25) is 0 Å². The van der Waals surface area contributed by atoms with Crippen LogP contribution in [0.5, 0.6) is 11.5 Å². The summed E-state index contributed by atoms with van der Waals surface area (Å²) in [7, 11) is 0. The van der Waals surface area contributed by atoms with E-state index in [2.05, 4.69) is 0 Å². The summed E-state index contributed by atoms with van der Waals surface area (Å²) in [6.07, 6.45) is 0. The molecule has 110 valence electrons. The van der Waals surface area contributed by atoms with Crippen LogP contribution in [0.15, 0.2) is 42.5 Å². The summed E-state index contributed by atoms with van der Waals surface area (Å²) in [4.78, 5) is 12.5. The van der Waals surface area contributed by atoms with Crippen molar-refractivity contribution in [3.8, 4) is 11.5 Å². The summed E-state index contributed by atoms with van der Waals surface area (Å²) < 4.78 is 11.0. The van der Waals surface area contributed by atoms with Gasteiger partial charge in [-0.3, -0.25) is 4.79 Å². The molecule has 2 aromatic rings. The van der Waals surface area contributed by atoms with Gasteiger partial charge in [0, 0.05) is 16.1 Å². The zero-order valence-corrected chi connectivity index (χ0v) is 12.8. The molecule has 0 bridgehead atoms. The van der Waals surface area contributed by atoms with Crippen LogP contribution in [0.4, 0.5) is 0 Å². The Balaban J connectivity index is 2.35. The minimum atomic E-state index is -0.0958. The maximum Gasteiger partial charge on any atom is 0.193 e. The van der Waals surface area contributed by atoms with E-state index in [1.807, 2.05) is 13.8 Å². The average molecular weight is 305 g/mol. The van der Waals surface area contributed by atoms with Gasteiger partial charge in [-0.1, -0.05) is 23.7 Å². The van der Waals surface area contributed by atoms with E-state index in [9.17, 15) is 4.79 Å². The third-order valence-corrected chi connectivity index (χ3v) is 3.13. The van der Waals surface area contributed by atoms with Crippen LogP contribution in [0.2, 0.25) is 5.02 Å². The van der Waals surface area contributed by atoms with Crippen LogP contribution in [0, 0.1) is 0 Å². The smallest absolute Gasteiger partial charge is 0.193 e. The van der Waals surface area contributed by atoms with Crippen LogP contribution >= 0.6 is 11.6 Å². The number of hydrogen-bond acceptors (Lipinski definition) is 3. The Morgan fingerprint density at radius 1 is 0.952 bits per heavy atom. The Bertz CT molecular complexity index is 638. The van der Waals surface area contributed by atoms with Crippen LogP contribution < -0.4 is 9.47 Å². The number of hydrogen-bond donors (Lipinski definition) is 0. The Hall–Kier alpha value is -2.00. The number of halogens is 1. The zero-order chi connectivity index (χ0) is 15.2. The van der Waals surface area contributed by atoms with Gasteiger partial charge in [0.05, 0.1) is 13.2 Å². The molecule has 3 nitrogen and oxygen atoms in total.